The van der Waals surface area contributed by atoms with E-state index in [1.165, 1.54) is 19.5 Å². The minimum Gasteiger partial charge on any atom is -0.479 e. The molecule has 0 bridgehead atoms. The molecule has 0 atom stereocenters. The van der Waals surface area contributed by atoms with Gasteiger partial charge in [0.25, 0.3) is 10.0 Å². The molecule has 0 spiro atoms. The van der Waals surface area contributed by atoms with Crippen molar-refractivity contribution in [2.24, 2.45) is 6.98 Å². The zero-order valence-electron chi connectivity index (χ0n) is 18.5. The van der Waals surface area contributed by atoms with Crippen LogP contribution in [0.25, 0.3) is 16.7 Å². The monoisotopic (exact) mass is 456 g/mol. The summed E-state index contributed by atoms with van der Waals surface area (Å²) in [7, 11) is -3.22. The van der Waals surface area contributed by atoms with Crippen LogP contribution < -0.4 is 9.46 Å². The van der Waals surface area contributed by atoms with Crippen LogP contribution in [0.15, 0.2) is 48.0 Å². The molecule has 4 heterocycles. The van der Waals surface area contributed by atoms with Gasteiger partial charge in [0, 0.05) is 28.9 Å². The van der Waals surface area contributed by atoms with Crippen molar-refractivity contribution in [3.63, 3.8) is 0 Å². The third kappa shape index (κ3) is 3.76. The predicted octanol–water partition coefficient (Wildman–Crippen LogP) is 2.38. The fraction of sp³-hybridized carbons (Fsp3) is 0.176. The first-order chi connectivity index (χ1) is 15.8. The van der Waals surface area contributed by atoms with E-state index in [-0.39, 0.29) is 28.3 Å². The molecule has 0 aliphatic carbocycles. The number of fused-ring (bicyclic) bond motifs is 1. The number of rotatable bonds is 5. The second-order valence-corrected chi connectivity index (χ2v) is 7.81. The number of anilines is 1. The van der Waals surface area contributed by atoms with Crippen LogP contribution >= 0.6 is 0 Å². The van der Waals surface area contributed by atoms with Crippen molar-refractivity contribution in [3.05, 3.63) is 48.7 Å². The molecular formula is C17H14F3N7O3S. The van der Waals surface area contributed by atoms with Crippen molar-refractivity contribution in [3.8, 4) is 11.7 Å². The summed E-state index contributed by atoms with van der Waals surface area (Å²) in [5.41, 5.74) is -1.39. The minimum atomic E-state index is -4.63. The van der Waals surface area contributed by atoms with E-state index in [1.54, 1.807) is 0 Å². The number of alkyl halides is 3. The van der Waals surface area contributed by atoms with E-state index in [2.05, 4.69) is 24.9 Å². The van der Waals surface area contributed by atoms with E-state index >= 15 is 0 Å². The highest BCUT2D eigenvalue weighted by Crippen LogP contribution is 2.33. The normalized spacial score (nSPS) is 14.1. The van der Waals surface area contributed by atoms with E-state index in [0.29, 0.717) is 10.7 Å². The van der Waals surface area contributed by atoms with Crippen LogP contribution in [0.2, 0.25) is 0 Å². The van der Waals surface area contributed by atoms with E-state index in [9.17, 15) is 21.6 Å². The number of nitrogens with zero attached hydrogens (tertiary/aromatic N) is 6. The second kappa shape index (κ2) is 7.23. The molecule has 0 aliphatic rings. The largest absolute Gasteiger partial charge is 0.479 e. The van der Waals surface area contributed by atoms with Crippen LogP contribution in [0.1, 0.15) is 9.68 Å². The van der Waals surface area contributed by atoms with Gasteiger partial charge >= 0.3 is 6.18 Å². The quantitative estimate of drug-likeness (QED) is 0.490. The van der Waals surface area contributed by atoms with Gasteiger partial charge in [-0.2, -0.15) is 23.4 Å². The summed E-state index contributed by atoms with van der Waals surface area (Å²) in [5.74, 6) is -0.493. The number of ether oxygens (including phenoxy) is 1. The van der Waals surface area contributed by atoms with Crippen molar-refractivity contribution >= 4 is 26.6 Å². The van der Waals surface area contributed by atoms with E-state index in [0.717, 1.165) is 29.3 Å². The average molecular weight is 456 g/mol. The number of methoxy groups -OCH3 is 1. The van der Waals surface area contributed by atoms with Gasteiger partial charge in [0.05, 0.1) is 36.8 Å². The zero-order valence-corrected chi connectivity index (χ0v) is 16.3. The summed E-state index contributed by atoms with van der Waals surface area (Å²) in [6, 6.07) is 1.47. The summed E-state index contributed by atoms with van der Waals surface area (Å²) in [4.78, 5) is 7.30. The Hall–Kier alpha value is -3.68. The highest BCUT2D eigenvalue weighted by atomic mass is 32.2. The lowest BCUT2D eigenvalue weighted by Gasteiger charge is -2.12. The number of pyridine rings is 2. The van der Waals surface area contributed by atoms with Crippen molar-refractivity contribution in [1.82, 2.24) is 29.5 Å². The number of hydrogen-bond acceptors (Lipinski definition) is 7. The molecule has 162 valence electrons. The third-order valence-electron chi connectivity index (χ3n) is 4.18. The molecule has 4 aromatic heterocycles. The number of nitrogens with one attached hydrogen (secondary N) is 1. The Morgan fingerprint density at radius 2 is 2.00 bits per heavy atom. The van der Waals surface area contributed by atoms with Crippen molar-refractivity contribution in [2.45, 2.75) is 11.1 Å². The molecule has 0 saturated carbocycles. The molecule has 0 unspecified atom stereocenters. The molecule has 4 rings (SSSR count). The fourth-order valence-electron chi connectivity index (χ4n) is 2.73. The first kappa shape index (κ1) is 17.0. The zero-order chi connectivity index (χ0) is 24.9. The maximum Gasteiger partial charge on any atom is 0.416 e. The second-order valence-electron chi connectivity index (χ2n) is 6.13. The van der Waals surface area contributed by atoms with Crippen LogP contribution in [0.4, 0.5) is 18.9 Å². The molecule has 0 radical (unpaired) electrons. The van der Waals surface area contributed by atoms with Crippen molar-refractivity contribution < 1.29 is 30.4 Å². The molecule has 1 N–H and O–H groups in total. The standard InChI is InChI=1S/C17H14F3N7O3S/c1-26-15-10(7-23-26)6-22-16(30-2)14(15)25-31(28,29)12-8-24-27(9-12)13-5-11(3-4-21-13)17(18,19)20/h3-9,25H,1-2H3/i1D3. The van der Waals surface area contributed by atoms with E-state index < -0.39 is 33.6 Å². The summed E-state index contributed by atoms with van der Waals surface area (Å²) in [6.07, 6.45) is 0.591. The van der Waals surface area contributed by atoms with E-state index in [1.807, 2.05) is 0 Å². The minimum absolute atomic E-state index is 0.109. The third-order valence-corrected chi connectivity index (χ3v) is 5.48. The number of hydrogen-bond donors (Lipinski definition) is 1. The number of aromatic nitrogens is 6. The maximum atomic E-state index is 13.0. The summed E-state index contributed by atoms with van der Waals surface area (Å²) < 4.78 is 96.8. The Morgan fingerprint density at radius 1 is 1.19 bits per heavy atom. The van der Waals surface area contributed by atoms with Crippen LogP contribution in [0, 0.1) is 0 Å². The molecule has 0 saturated heterocycles. The molecule has 0 fully saturated rings. The lowest BCUT2D eigenvalue weighted by Crippen LogP contribution is -2.14. The van der Waals surface area contributed by atoms with Gasteiger partial charge in [-0.15, -0.1) is 0 Å². The highest BCUT2D eigenvalue weighted by molar-refractivity contribution is 7.92. The van der Waals surface area contributed by atoms with Crippen molar-refractivity contribution in [2.75, 3.05) is 11.8 Å². The molecule has 0 aliphatic heterocycles. The van der Waals surface area contributed by atoms with Gasteiger partial charge in [-0.1, -0.05) is 0 Å². The van der Waals surface area contributed by atoms with Gasteiger partial charge in [0.2, 0.25) is 5.88 Å². The van der Waals surface area contributed by atoms with Crippen LogP contribution in [0.3, 0.4) is 0 Å². The molecule has 4 aromatic rings. The topological polar surface area (TPSA) is 117 Å². The Morgan fingerprint density at radius 3 is 2.71 bits per heavy atom. The van der Waals surface area contributed by atoms with Crippen LogP contribution in [-0.4, -0.2) is 45.1 Å². The lowest BCUT2D eigenvalue weighted by molar-refractivity contribution is -0.137. The first-order valence-corrected chi connectivity index (χ1v) is 9.82. The van der Waals surface area contributed by atoms with Gasteiger partial charge < -0.3 is 4.74 Å². The number of aryl methyl sites for hydroxylation is 1. The molecular weight excluding hydrogens is 439 g/mol. The molecule has 14 heteroatoms. The van der Waals surface area contributed by atoms with E-state index in [4.69, 9.17) is 8.85 Å². The summed E-state index contributed by atoms with van der Waals surface area (Å²) in [6.45, 7) is -2.74. The van der Waals surface area contributed by atoms with Gasteiger partial charge in [0.15, 0.2) is 5.82 Å². The molecule has 10 nitrogen and oxygen atoms in total. The number of halogens is 3. The van der Waals surface area contributed by atoms with Gasteiger partial charge in [0.1, 0.15) is 10.6 Å². The summed E-state index contributed by atoms with van der Waals surface area (Å²) >= 11 is 0. The Labute approximate surface area is 177 Å². The molecule has 0 aromatic carbocycles. The first-order valence-electron chi connectivity index (χ1n) is 9.83. The summed E-state index contributed by atoms with van der Waals surface area (Å²) in [5, 5.41) is 7.79. The van der Waals surface area contributed by atoms with Crippen LogP contribution in [0.5, 0.6) is 5.88 Å². The fourth-order valence-corrected chi connectivity index (χ4v) is 3.73. The van der Waals surface area contributed by atoms with Crippen molar-refractivity contribution in [1.29, 1.82) is 0 Å². The van der Waals surface area contributed by atoms with Crippen LogP contribution in [-0.2, 0) is 23.2 Å². The van der Waals surface area contributed by atoms with Gasteiger partial charge in [-0.25, -0.2) is 23.1 Å². The Balaban J connectivity index is 1.76. The molecule has 0 amide bonds. The average Bonchev–Trinajstić information content (AvgIpc) is 3.41. The smallest absolute Gasteiger partial charge is 0.416 e. The van der Waals surface area contributed by atoms with Gasteiger partial charge in [-0.05, 0) is 12.1 Å². The lowest BCUT2D eigenvalue weighted by atomic mass is 10.2. The SMILES string of the molecule is [2H]C([2H])([2H])n1ncc2cnc(OC)c(NS(=O)(=O)c3cnn(-c4cc(C(F)(F)F)ccn4)c3)c21. The predicted molar refractivity (Wildman–Crippen MR) is 102 cm³/mol. The Kier molecular flexibility index (Phi) is 3.97. The number of sulfonamides is 1. The maximum absolute atomic E-state index is 13.0. The molecule has 31 heavy (non-hydrogen) atoms. The Bertz CT molecular complexity index is 1480. The van der Waals surface area contributed by atoms with Gasteiger partial charge in [-0.3, -0.25) is 9.40 Å². The highest BCUT2D eigenvalue weighted by Gasteiger charge is 2.31.